The number of thioether (sulfide) groups is 1. The van der Waals surface area contributed by atoms with E-state index in [0.29, 0.717) is 34.2 Å². The van der Waals surface area contributed by atoms with E-state index in [9.17, 15) is 27.6 Å². The molecule has 1 heterocycles. The Bertz CT molecular complexity index is 1520. The van der Waals surface area contributed by atoms with Crippen molar-refractivity contribution in [3.05, 3.63) is 90.9 Å². The van der Waals surface area contributed by atoms with Crippen molar-refractivity contribution < 1.29 is 37.0 Å². The van der Waals surface area contributed by atoms with Gasteiger partial charge in [-0.15, -0.1) is 0 Å². The molecular formula is C27H19ClF3IN2O5S. The van der Waals surface area contributed by atoms with Crippen LogP contribution in [0.5, 0.6) is 11.5 Å². The number of alkyl halides is 3. The molecule has 0 radical (unpaired) electrons. The molecular weight excluding hydrogens is 684 g/mol. The Balaban J connectivity index is 1.43. The third-order valence-electron chi connectivity index (χ3n) is 5.57. The molecule has 7 nitrogen and oxygen atoms in total. The van der Waals surface area contributed by atoms with Crippen LogP contribution < -0.4 is 14.8 Å². The number of nitrogens with one attached hydrogen (secondary N) is 1. The van der Waals surface area contributed by atoms with Gasteiger partial charge in [-0.2, -0.15) is 13.2 Å². The van der Waals surface area contributed by atoms with Gasteiger partial charge in [0.05, 0.1) is 26.8 Å². The minimum atomic E-state index is -4.64. The largest absolute Gasteiger partial charge is 0.495 e. The minimum absolute atomic E-state index is 0.00993. The molecule has 3 amide bonds. The number of carbonyl (C=O) groups excluding carboxylic acids is 3. The lowest BCUT2D eigenvalue weighted by Gasteiger charge is -2.16. The Morgan fingerprint density at radius 1 is 1.10 bits per heavy atom. The Morgan fingerprint density at radius 3 is 2.50 bits per heavy atom. The highest BCUT2D eigenvalue weighted by molar-refractivity contribution is 14.1. The molecule has 208 valence electrons. The second-order valence-electron chi connectivity index (χ2n) is 8.30. The molecule has 1 aliphatic rings. The normalized spacial score (nSPS) is 14.6. The fourth-order valence-corrected chi connectivity index (χ4v) is 5.32. The summed E-state index contributed by atoms with van der Waals surface area (Å²) in [5.41, 5.74) is 0.218. The van der Waals surface area contributed by atoms with E-state index in [-0.39, 0.29) is 22.9 Å². The summed E-state index contributed by atoms with van der Waals surface area (Å²) in [4.78, 5) is 38.8. The number of carbonyl (C=O) groups is 3. The Hall–Kier alpha value is -3.23. The van der Waals surface area contributed by atoms with Crippen molar-refractivity contribution in [2.24, 2.45) is 0 Å². The van der Waals surface area contributed by atoms with Gasteiger partial charge in [0.2, 0.25) is 5.91 Å². The number of anilines is 1. The molecule has 1 N–H and O–H groups in total. The summed E-state index contributed by atoms with van der Waals surface area (Å²) in [6, 6.07) is 15.1. The van der Waals surface area contributed by atoms with E-state index in [1.165, 1.54) is 13.2 Å². The van der Waals surface area contributed by atoms with Gasteiger partial charge >= 0.3 is 6.18 Å². The monoisotopic (exact) mass is 702 g/mol. The molecule has 0 aliphatic carbocycles. The fraction of sp³-hybridized carbons (Fsp3) is 0.148. The number of methoxy groups -OCH3 is 1. The summed E-state index contributed by atoms with van der Waals surface area (Å²) in [5.74, 6) is -0.970. The smallest absolute Gasteiger partial charge is 0.416 e. The molecule has 0 aromatic heterocycles. The second kappa shape index (κ2) is 12.5. The van der Waals surface area contributed by atoms with Gasteiger partial charge in [0.1, 0.15) is 24.7 Å². The highest BCUT2D eigenvalue weighted by Gasteiger charge is 2.37. The predicted octanol–water partition coefficient (Wildman–Crippen LogP) is 7.23. The Morgan fingerprint density at radius 2 is 1.82 bits per heavy atom. The van der Waals surface area contributed by atoms with Crippen molar-refractivity contribution in [2.75, 3.05) is 19.0 Å². The molecule has 0 saturated carbocycles. The Kier molecular flexibility index (Phi) is 9.31. The van der Waals surface area contributed by atoms with Crippen molar-refractivity contribution in [3.63, 3.8) is 0 Å². The average Bonchev–Trinajstić information content (AvgIpc) is 3.15. The van der Waals surface area contributed by atoms with Crippen LogP contribution >= 0.6 is 46.0 Å². The molecule has 0 bridgehead atoms. The predicted molar refractivity (Wildman–Crippen MR) is 154 cm³/mol. The van der Waals surface area contributed by atoms with Crippen LogP contribution in [0.3, 0.4) is 0 Å². The van der Waals surface area contributed by atoms with Crippen LogP contribution in [0, 0.1) is 3.57 Å². The van der Waals surface area contributed by atoms with E-state index in [1.54, 1.807) is 24.3 Å². The van der Waals surface area contributed by atoms with E-state index >= 15 is 0 Å². The van der Waals surface area contributed by atoms with Crippen LogP contribution in [0.2, 0.25) is 5.02 Å². The molecule has 13 heteroatoms. The summed E-state index contributed by atoms with van der Waals surface area (Å²) in [6.45, 7) is -0.421. The third kappa shape index (κ3) is 7.09. The third-order valence-corrected chi connectivity index (χ3v) is 7.69. The van der Waals surface area contributed by atoms with E-state index in [0.717, 1.165) is 26.2 Å². The fourth-order valence-electron chi connectivity index (χ4n) is 3.60. The van der Waals surface area contributed by atoms with Gasteiger partial charge < -0.3 is 14.8 Å². The number of hydrogen-bond acceptors (Lipinski definition) is 6. The van der Waals surface area contributed by atoms with Crippen LogP contribution in [-0.4, -0.2) is 35.6 Å². The first-order chi connectivity index (χ1) is 19.0. The number of hydrogen-bond donors (Lipinski definition) is 1. The van der Waals surface area contributed by atoms with Crippen LogP contribution in [0.15, 0.2) is 65.6 Å². The first-order valence-corrected chi connectivity index (χ1v) is 13.7. The van der Waals surface area contributed by atoms with Crippen LogP contribution in [-0.2, 0) is 22.4 Å². The lowest BCUT2D eigenvalue weighted by atomic mass is 10.1. The summed E-state index contributed by atoms with van der Waals surface area (Å²) >= 11 is 8.91. The molecule has 3 aromatic rings. The van der Waals surface area contributed by atoms with Crippen molar-refractivity contribution in [1.82, 2.24) is 4.90 Å². The second-order valence-corrected chi connectivity index (χ2v) is 10.9. The molecule has 3 aromatic carbocycles. The van der Waals surface area contributed by atoms with Gasteiger partial charge in [-0.05, 0) is 82.4 Å². The lowest BCUT2D eigenvalue weighted by Crippen LogP contribution is -2.36. The number of halogens is 5. The van der Waals surface area contributed by atoms with E-state index in [2.05, 4.69) is 27.9 Å². The maximum absolute atomic E-state index is 13.1. The highest BCUT2D eigenvalue weighted by atomic mass is 127. The molecule has 1 aliphatic heterocycles. The van der Waals surface area contributed by atoms with Gasteiger partial charge in [0, 0.05) is 10.6 Å². The molecule has 0 unspecified atom stereocenters. The van der Waals surface area contributed by atoms with Crippen molar-refractivity contribution in [1.29, 1.82) is 0 Å². The van der Waals surface area contributed by atoms with Crippen molar-refractivity contribution in [3.8, 4) is 11.5 Å². The lowest BCUT2D eigenvalue weighted by molar-refractivity contribution is -0.137. The molecule has 0 atom stereocenters. The molecule has 40 heavy (non-hydrogen) atoms. The zero-order chi connectivity index (χ0) is 29.0. The van der Waals surface area contributed by atoms with Crippen molar-refractivity contribution in [2.45, 2.75) is 12.8 Å². The number of ether oxygens (including phenoxy) is 2. The van der Waals surface area contributed by atoms with E-state index in [1.807, 2.05) is 18.2 Å². The van der Waals surface area contributed by atoms with E-state index < -0.39 is 35.3 Å². The number of benzene rings is 3. The maximum Gasteiger partial charge on any atom is 0.416 e. The minimum Gasteiger partial charge on any atom is -0.495 e. The standard InChI is InChI=1S/C27H19ClF3IN2O5S/c1-38-22-9-7-17(27(29,30)31)12-20(22)33-24(35)13-34-25(36)23(40-26(34)37)11-15-6-8-21(19(32)10-15)39-14-16-4-2-3-5-18(16)28/h2-12H,13-14H2,1H3,(H,33,35)/b23-11-. The zero-order valence-corrected chi connectivity index (χ0v) is 24.3. The summed E-state index contributed by atoms with van der Waals surface area (Å²) in [5, 5.41) is 2.19. The van der Waals surface area contributed by atoms with Crippen LogP contribution in [0.1, 0.15) is 16.7 Å². The Labute approximate surface area is 249 Å². The number of amides is 3. The van der Waals surface area contributed by atoms with Crippen LogP contribution in [0.4, 0.5) is 23.7 Å². The summed E-state index contributed by atoms with van der Waals surface area (Å²) < 4.78 is 50.9. The first kappa shape index (κ1) is 29.7. The number of nitrogens with zero attached hydrogens (tertiary/aromatic N) is 1. The average molecular weight is 703 g/mol. The maximum atomic E-state index is 13.1. The first-order valence-electron chi connectivity index (χ1n) is 11.4. The van der Waals surface area contributed by atoms with E-state index in [4.69, 9.17) is 21.1 Å². The van der Waals surface area contributed by atoms with Crippen molar-refractivity contribution >= 4 is 74.8 Å². The quantitative estimate of drug-likeness (QED) is 0.197. The van der Waals surface area contributed by atoms with Gasteiger partial charge in [-0.1, -0.05) is 35.9 Å². The topological polar surface area (TPSA) is 84.9 Å². The van der Waals surface area contributed by atoms with Crippen LogP contribution in [0.25, 0.3) is 6.08 Å². The summed E-state index contributed by atoms with van der Waals surface area (Å²) in [6.07, 6.45) is -3.13. The molecule has 1 saturated heterocycles. The summed E-state index contributed by atoms with van der Waals surface area (Å²) in [7, 11) is 1.23. The zero-order valence-electron chi connectivity index (χ0n) is 20.6. The number of rotatable bonds is 8. The molecule has 1 fully saturated rings. The molecule has 4 rings (SSSR count). The highest BCUT2D eigenvalue weighted by Crippen LogP contribution is 2.36. The number of imide groups is 1. The van der Waals surface area contributed by atoms with Gasteiger partial charge in [0.15, 0.2) is 0 Å². The van der Waals surface area contributed by atoms with Gasteiger partial charge in [-0.25, -0.2) is 0 Å². The SMILES string of the molecule is COc1ccc(C(F)(F)F)cc1NC(=O)CN1C(=O)S/C(=C\c2ccc(OCc3ccccc3Cl)c(I)c2)C1=O. The van der Waals surface area contributed by atoms with Gasteiger partial charge in [0.25, 0.3) is 11.1 Å². The molecule has 0 spiro atoms. The van der Waals surface area contributed by atoms with Gasteiger partial charge in [-0.3, -0.25) is 19.3 Å².